The highest BCUT2D eigenvalue weighted by Crippen LogP contribution is 2.18. The Morgan fingerprint density at radius 1 is 1.00 bits per heavy atom. The molecule has 8 nitrogen and oxygen atoms in total. The van der Waals surface area contributed by atoms with Crippen LogP contribution in [0, 0.1) is 12.7 Å². The second-order valence-corrected chi connectivity index (χ2v) is 6.92. The summed E-state index contributed by atoms with van der Waals surface area (Å²) in [5.41, 5.74) is 1.11. The number of rotatable bonds is 3. The lowest BCUT2D eigenvalue weighted by Crippen LogP contribution is -2.27. The van der Waals surface area contributed by atoms with Crippen LogP contribution in [0.3, 0.4) is 0 Å². The molecule has 2 aromatic heterocycles. The summed E-state index contributed by atoms with van der Waals surface area (Å²) >= 11 is 0. The molecule has 0 saturated heterocycles. The van der Waals surface area contributed by atoms with Crippen LogP contribution in [-0.4, -0.2) is 24.8 Å². The van der Waals surface area contributed by atoms with Gasteiger partial charge < -0.3 is 5.32 Å². The molecule has 0 bridgehead atoms. The number of para-hydroxylation sites is 1. The fourth-order valence-corrected chi connectivity index (χ4v) is 3.35. The Balaban J connectivity index is 1.74. The molecule has 0 saturated carbocycles. The van der Waals surface area contributed by atoms with Crippen LogP contribution in [0.4, 0.5) is 10.1 Å². The van der Waals surface area contributed by atoms with Gasteiger partial charge in [0.2, 0.25) is 5.43 Å². The number of aromatic nitrogens is 4. The third kappa shape index (κ3) is 3.10. The highest BCUT2D eigenvalue weighted by atomic mass is 19.1. The molecule has 0 radical (unpaired) electrons. The van der Waals surface area contributed by atoms with E-state index in [9.17, 15) is 18.8 Å². The molecule has 4 rings (SSSR count). The molecule has 2 aromatic carbocycles. The van der Waals surface area contributed by atoms with Crippen molar-refractivity contribution in [2.75, 3.05) is 5.32 Å². The number of nitrogens with one attached hydrogen (secondary N) is 1. The van der Waals surface area contributed by atoms with E-state index in [1.165, 1.54) is 38.1 Å². The fraction of sp³-hybridized carbons (Fsp3) is 0.143. The number of hydrogen-bond acceptors (Lipinski definition) is 4. The summed E-state index contributed by atoms with van der Waals surface area (Å²) in [6.07, 6.45) is 0. The topological polar surface area (TPSA) is 90.9 Å². The fourth-order valence-electron chi connectivity index (χ4n) is 3.35. The van der Waals surface area contributed by atoms with Crippen molar-refractivity contribution >= 4 is 22.6 Å². The van der Waals surface area contributed by atoms with Gasteiger partial charge >= 0.3 is 5.69 Å². The van der Waals surface area contributed by atoms with Crippen LogP contribution >= 0.6 is 0 Å². The predicted molar refractivity (Wildman–Crippen MR) is 111 cm³/mol. The van der Waals surface area contributed by atoms with Gasteiger partial charge in [0.25, 0.3) is 5.91 Å². The lowest BCUT2D eigenvalue weighted by Gasteiger charge is -2.12. The lowest BCUT2D eigenvalue weighted by molar-refractivity contribution is 0.101. The van der Waals surface area contributed by atoms with E-state index in [2.05, 4.69) is 10.4 Å². The average Bonchev–Trinajstić information content (AvgIpc) is 2.93. The van der Waals surface area contributed by atoms with Crippen LogP contribution in [0.5, 0.6) is 0 Å². The number of carbonyl (C=O) groups is 1. The Hall–Kier alpha value is -4.01. The number of amides is 1. The van der Waals surface area contributed by atoms with Crippen molar-refractivity contribution < 1.29 is 9.18 Å². The highest BCUT2D eigenvalue weighted by Gasteiger charge is 2.17. The first-order valence-corrected chi connectivity index (χ1v) is 9.10. The molecule has 30 heavy (non-hydrogen) atoms. The number of imidazole rings is 1. The molecule has 1 N–H and O–H groups in total. The number of aryl methyl sites for hydroxylation is 3. The first kappa shape index (κ1) is 19.3. The molecule has 4 aromatic rings. The van der Waals surface area contributed by atoms with Gasteiger partial charge in [-0.2, -0.15) is 5.10 Å². The smallest absolute Gasteiger partial charge is 0.320 e. The van der Waals surface area contributed by atoms with Gasteiger partial charge in [0.15, 0.2) is 5.69 Å². The van der Waals surface area contributed by atoms with E-state index in [1.807, 2.05) is 0 Å². The molecule has 0 spiro atoms. The van der Waals surface area contributed by atoms with E-state index in [4.69, 9.17) is 0 Å². The molecule has 152 valence electrons. The van der Waals surface area contributed by atoms with Gasteiger partial charge in [-0.15, -0.1) is 0 Å². The summed E-state index contributed by atoms with van der Waals surface area (Å²) in [5, 5.41) is 6.72. The molecule has 0 fully saturated rings. The van der Waals surface area contributed by atoms with Crippen LogP contribution in [-0.2, 0) is 14.1 Å². The maximum atomic E-state index is 14.2. The van der Waals surface area contributed by atoms with Gasteiger partial charge in [-0.3, -0.25) is 18.7 Å². The molecule has 2 heterocycles. The second-order valence-electron chi connectivity index (χ2n) is 6.92. The van der Waals surface area contributed by atoms with Crippen molar-refractivity contribution in [1.29, 1.82) is 0 Å². The SMILES string of the molecule is Cc1cc(=O)c(C(=O)Nc2ccc3c(c2)n(C)c(=O)n3C)nn1-c1ccccc1F. The minimum atomic E-state index is -0.731. The van der Waals surface area contributed by atoms with Crippen LogP contribution in [0.25, 0.3) is 16.7 Å². The largest absolute Gasteiger partial charge is 0.328 e. The van der Waals surface area contributed by atoms with Crippen LogP contribution in [0.1, 0.15) is 16.2 Å². The molecular weight excluding hydrogens is 389 g/mol. The number of nitrogens with zero attached hydrogens (tertiary/aromatic N) is 4. The van der Waals surface area contributed by atoms with Crippen molar-refractivity contribution in [3.63, 3.8) is 0 Å². The molecular formula is C21H18FN5O3. The van der Waals surface area contributed by atoms with E-state index in [-0.39, 0.29) is 17.1 Å². The van der Waals surface area contributed by atoms with Gasteiger partial charge in [0.05, 0.1) is 11.0 Å². The summed E-state index contributed by atoms with van der Waals surface area (Å²) in [4.78, 5) is 37.2. The zero-order chi connectivity index (χ0) is 21.6. The van der Waals surface area contributed by atoms with Gasteiger partial charge in [-0.05, 0) is 37.3 Å². The van der Waals surface area contributed by atoms with Crippen LogP contribution in [0.15, 0.2) is 58.1 Å². The quantitative estimate of drug-likeness (QED) is 0.563. The minimum Gasteiger partial charge on any atom is -0.320 e. The van der Waals surface area contributed by atoms with Gasteiger partial charge in [-0.1, -0.05) is 12.1 Å². The molecule has 1 amide bonds. The molecule has 0 atom stereocenters. The Morgan fingerprint density at radius 2 is 1.70 bits per heavy atom. The Labute approximate surface area is 169 Å². The van der Waals surface area contributed by atoms with Crippen molar-refractivity contribution in [3.05, 3.63) is 86.4 Å². The number of hydrogen-bond donors (Lipinski definition) is 1. The Bertz CT molecular complexity index is 1430. The van der Waals surface area contributed by atoms with E-state index in [1.54, 1.807) is 45.3 Å². The predicted octanol–water partition coefficient (Wildman–Crippen LogP) is 2.12. The van der Waals surface area contributed by atoms with E-state index in [0.717, 1.165) is 0 Å². The summed E-state index contributed by atoms with van der Waals surface area (Å²) < 4.78 is 18.4. The number of anilines is 1. The van der Waals surface area contributed by atoms with Crippen molar-refractivity contribution in [1.82, 2.24) is 18.9 Å². The average molecular weight is 407 g/mol. The summed E-state index contributed by atoms with van der Waals surface area (Å²) in [5.74, 6) is -1.26. The van der Waals surface area contributed by atoms with Gasteiger partial charge in [-0.25, -0.2) is 13.9 Å². The van der Waals surface area contributed by atoms with E-state index in [0.29, 0.717) is 22.4 Å². The molecule has 0 unspecified atom stereocenters. The Kier molecular flexibility index (Phi) is 4.57. The molecule has 0 aliphatic rings. The third-order valence-electron chi connectivity index (χ3n) is 4.93. The molecule has 9 heteroatoms. The maximum Gasteiger partial charge on any atom is 0.328 e. The standard InChI is InChI=1S/C21H18FN5O3/c1-12-10-18(28)19(24-27(12)15-7-5-4-6-14(15)22)20(29)23-13-8-9-16-17(11-13)26(3)21(30)25(16)2/h4-11H,1-3H3,(H,23,29). The number of benzene rings is 2. The Morgan fingerprint density at radius 3 is 2.43 bits per heavy atom. The normalized spacial score (nSPS) is 11.1. The monoisotopic (exact) mass is 407 g/mol. The number of carbonyl (C=O) groups excluding carboxylic acids is 1. The third-order valence-corrected chi connectivity index (χ3v) is 4.93. The van der Waals surface area contributed by atoms with Crippen molar-refractivity contribution in [2.24, 2.45) is 14.1 Å². The highest BCUT2D eigenvalue weighted by molar-refractivity contribution is 6.03. The summed E-state index contributed by atoms with van der Waals surface area (Å²) in [6, 6.07) is 12.2. The first-order chi connectivity index (χ1) is 14.3. The van der Waals surface area contributed by atoms with Gasteiger partial charge in [0.1, 0.15) is 11.5 Å². The summed E-state index contributed by atoms with van der Waals surface area (Å²) in [6.45, 7) is 1.60. The number of fused-ring (bicyclic) bond motifs is 1. The van der Waals surface area contributed by atoms with E-state index >= 15 is 0 Å². The van der Waals surface area contributed by atoms with Crippen molar-refractivity contribution in [3.8, 4) is 5.69 Å². The first-order valence-electron chi connectivity index (χ1n) is 9.10. The second kappa shape index (κ2) is 7.11. The maximum absolute atomic E-state index is 14.2. The minimum absolute atomic E-state index is 0.129. The number of halogens is 1. The van der Waals surface area contributed by atoms with Crippen LogP contribution < -0.4 is 16.4 Å². The van der Waals surface area contributed by atoms with E-state index < -0.39 is 17.2 Å². The molecule has 0 aliphatic heterocycles. The lowest BCUT2D eigenvalue weighted by atomic mass is 10.2. The van der Waals surface area contributed by atoms with Crippen LogP contribution in [0.2, 0.25) is 0 Å². The summed E-state index contributed by atoms with van der Waals surface area (Å²) in [7, 11) is 3.29. The van der Waals surface area contributed by atoms with Gasteiger partial charge in [0, 0.05) is 31.5 Å². The zero-order valence-corrected chi connectivity index (χ0v) is 16.5. The zero-order valence-electron chi connectivity index (χ0n) is 16.5. The van der Waals surface area contributed by atoms with Crippen molar-refractivity contribution in [2.45, 2.75) is 6.92 Å². The molecule has 0 aliphatic carbocycles.